The van der Waals surface area contributed by atoms with Crippen molar-refractivity contribution in [3.63, 3.8) is 0 Å². The SMILES string of the molecule is CCO[SiH2][Si](CC)(CC)CC. The van der Waals surface area contributed by atoms with Crippen LogP contribution in [0.15, 0.2) is 0 Å². The van der Waals surface area contributed by atoms with Gasteiger partial charge in [0.05, 0.1) is 7.59 Å². The van der Waals surface area contributed by atoms with Crippen LogP contribution in [0.25, 0.3) is 0 Å². The maximum Gasteiger partial charge on any atom is 0.151 e. The normalized spacial score (nSPS) is 13.1. The first-order valence-corrected chi connectivity index (χ1v) is 10.3. The van der Waals surface area contributed by atoms with E-state index in [0.717, 1.165) is 6.61 Å². The molecule has 0 saturated carbocycles. The first-order valence-electron chi connectivity index (χ1n) is 4.82. The molecule has 0 unspecified atom stereocenters. The lowest BCUT2D eigenvalue weighted by Gasteiger charge is -2.26. The topological polar surface area (TPSA) is 9.23 Å². The summed E-state index contributed by atoms with van der Waals surface area (Å²) in [6.45, 7) is 10.1. The molecule has 0 aliphatic rings. The molecule has 0 heterocycles. The highest BCUT2D eigenvalue weighted by molar-refractivity contribution is 7.22. The first-order chi connectivity index (χ1) is 5.24. The molecule has 0 bridgehead atoms. The van der Waals surface area contributed by atoms with Crippen LogP contribution in [0, 0.1) is 0 Å². The fraction of sp³-hybridized carbons (Fsp3) is 1.00. The van der Waals surface area contributed by atoms with E-state index in [1.165, 1.54) is 18.1 Å². The molecule has 0 N–H and O–H groups in total. The van der Waals surface area contributed by atoms with Crippen LogP contribution in [0.3, 0.4) is 0 Å². The smallest absolute Gasteiger partial charge is 0.151 e. The van der Waals surface area contributed by atoms with Crippen LogP contribution in [-0.4, -0.2) is 23.5 Å². The maximum atomic E-state index is 5.67. The minimum Gasteiger partial charge on any atom is -0.427 e. The molecule has 0 fully saturated rings. The van der Waals surface area contributed by atoms with Crippen molar-refractivity contribution in [2.45, 2.75) is 45.8 Å². The Kier molecular flexibility index (Phi) is 6.18. The van der Waals surface area contributed by atoms with Crippen molar-refractivity contribution in [2.75, 3.05) is 6.61 Å². The summed E-state index contributed by atoms with van der Waals surface area (Å²) in [5, 5.41) is 0. The molecular weight excluding hydrogens is 168 g/mol. The summed E-state index contributed by atoms with van der Waals surface area (Å²) >= 11 is 0. The Morgan fingerprint density at radius 1 is 1.00 bits per heavy atom. The summed E-state index contributed by atoms with van der Waals surface area (Å²) < 4.78 is 5.67. The van der Waals surface area contributed by atoms with Gasteiger partial charge in [-0.25, -0.2) is 0 Å². The lowest BCUT2D eigenvalue weighted by Crippen LogP contribution is -2.41. The number of rotatable bonds is 6. The largest absolute Gasteiger partial charge is 0.427 e. The van der Waals surface area contributed by atoms with Crippen molar-refractivity contribution >= 4 is 16.9 Å². The second kappa shape index (κ2) is 5.97. The molecule has 0 radical (unpaired) electrons. The van der Waals surface area contributed by atoms with Gasteiger partial charge in [0.15, 0.2) is 9.28 Å². The van der Waals surface area contributed by atoms with Gasteiger partial charge >= 0.3 is 0 Å². The molecule has 0 aromatic heterocycles. The Balaban J connectivity index is 3.84. The Hall–Kier alpha value is 0.394. The molecule has 3 heteroatoms. The second-order valence-electron chi connectivity index (χ2n) is 3.20. The molecule has 0 saturated heterocycles. The highest BCUT2D eigenvalue weighted by Crippen LogP contribution is 2.18. The summed E-state index contributed by atoms with van der Waals surface area (Å²) in [5.41, 5.74) is 0. The summed E-state index contributed by atoms with van der Waals surface area (Å²) in [7, 11) is -0.964. The van der Waals surface area contributed by atoms with E-state index in [9.17, 15) is 0 Å². The monoisotopic (exact) mass is 190 g/mol. The minimum absolute atomic E-state index is 0.143. The van der Waals surface area contributed by atoms with Crippen molar-refractivity contribution in [3.05, 3.63) is 0 Å². The van der Waals surface area contributed by atoms with Crippen LogP contribution < -0.4 is 0 Å². The zero-order valence-corrected chi connectivity index (χ0v) is 10.9. The molecule has 0 aliphatic heterocycles. The fourth-order valence-corrected chi connectivity index (χ4v) is 7.87. The maximum absolute atomic E-state index is 5.67. The lowest BCUT2D eigenvalue weighted by molar-refractivity contribution is 0.368. The summed E-state index contributed by atoms with van der Waals surface area (Å²) in [4.78, 5) is 0. The van der Waals surface area contributed by atoms with Gasteiger partial charge < -0.3 is 4.43 Å². The van der Waals surface area contributed by atoms with E-state index in [1.807, 2.05) is 0 Å². The predicted octanol–water partition coefficient (Wildman–Crippen LogP) is 2.11. The van der Waals surface area contributed by atoms with Gasteiger partial charge in [-0.1, -0.05) is 38.9 Å². The van der Waals surface area contributed by atoms with Crippen molar-refractivity contribution < 1.29 is 4.43 Å². The average Bonchev–Trinajstić information content (AvgIpc) is 2.08. The molecular formula is C8H22OSi2. The minimum atomic E-state index is -0.822. The van der Waals surface area contributed by atoms with Gasteiger partial charge in [-0.3, -0.25) is 0 Å². The molecule has 0 atom stereocenters. The van der Waals surface area contributed by atoms with Crippen LogP contribution >= 0.6 is 0 Å². The summed E-state index contributed by atoms with van der Waals surface area (Å²) in [6.07, 6.45) is 0. The summed E-state index contributed by atoms with van der Waals surface area (Å²) in [5.74, 6) is 0. The molecule has 0 amide bonds. The molecule has 0 aromatic carbocycles. The van der Waals surface area contributed by atoms with E-state index in [4.69, 9.17) is 4.43 Å². The Morgan fingerprint density at radius 2 is 1.45 bits per heavy atom. The molecule has 1 nitrogen and oxygen atoms in total. The van der Waals surface area contributed by atoms with Gasteiger partial charge in [0, 0.05) is 6.61 Å². The average molecular weight is 190 g/mol. The number of hydrogen-bond acceptors (Lipinski definition) is 1. The lowest BCUT2D eigenvalue weighted by atomic mass is 10.9. The second-order valence-corrected chi connectivity index (χ2v) is 14.4. The third-order valence-electron chi connectivity index (χ3n) is 2.86. The van der Waals surface area contributed by atoms with Gasteiger partial charge in [-0.15, -0.1) is 0 Å². The van der Waals surface area contributed by atoms with Gasteiger partial charge in [0.25, 0.3) is 0 Å². The van der Waals surface area contributed by atoms with E-state index >= 15 is 0 Å². The molecule has 0 spiro atoms. The van der Waals surface area contributed by atoms with Crippen LogP contribution in [0.1, 0.15) is 27.7 Å². The zero-order valence-electron chi connectivity index (χ0n) is 8.44. The number of hydrogen-bond donors (Lipinski definition) is 0. The van der Waals surface area contributed by atoms with Crippen LogP contribution in [-0.2, 0) is 4.43 Å². The van der Waals surface area contributed by atoms with Gasteiger partial charge in [-0.05, 0) is 6.92 Å². The molecule has 0 aliphatic carbocycles. The quantitative estimate of drug-likeness (QED) is 0.583. The van der Waals surface area contributed by atoms with Crippen molar-refractivity contribution in [2.24, 2.45) is 0 Å². The third-order valence-corrected chi connectivity index (χ3v) is 15.5. The van der Waals surface area contributed by atoms with Gasteiger partial charge in [0.2, 0.25) is 0 Å². The highest BCUT2D eigenvalue weighted by atomic mass is 29.2. The van der Waals surface area contributed by atoms with E-state index in [0.29, 0.717) is 0 Å². The Labute approximate surface area is 74.3 Å². The predicted molar refractivity (Wildman–Crippen MR) is 57.4 cm³/mol. The standard InChI is InChI=1S/C8H22OSi2/c1-5-9-10-11(6-2,7-3)8-4/h5-8,10H2,1-4H3. The molecule has 68 valence electrons. The van der Waals surface area contributed by atoms with Gasteiger partial charge in [-0.2, -0.15) is 0 Å². The van der Waals surface area contributed by atoms with E-state index < -0.39 is 7.59 Å². The molecule has 11 heavy (non-hydrogen) atoms. The van der Waals surface area contributed by atoms with Crippen molar-refractivity contribution in [1.29, 1.82) is 0 Å². The van der Waals surface area contributed by atoms with Gasteiger partial charge in [0.1, 0.15) is 0 Å². The Morgan fingerprint density at radius 3 is 1.73 bits per heavy atom. The molecule has 0 aromatic rings. The first kappa shape index (κ1) is 11.4. The van der Waals surface area contributed by atoms with E-state index in [-0.39, 0.29) is 9.28 Å². The fourth-order valence-electron chi connectivity index (χ4n) is 1.37. The Bertz CT molecular complexity index is 83.8. The highest BCUT2D eigenvalue weighted by Gasteiger charge is 2.27. The third kappa shape index (κ3) is 3.53. The van der Waals surface area contributed by atoms with Crippen LogP contribution in [0.2, 0.25) is 18.1 Å². The zero-order chi connectivity index (χ0) is 8.74. The van der Waals surface area contributed by atoms with Crippen molar-refractivity contribution in [3.8, 4) is 0 Å². The van der Waals surface area contributed by atoms with Crippen LogP contribution in [0.4, 0.5) is 0 Å². The van der Waals surface area contributed by atoms with E-state index in [1.54, 1.807) is 0 Å². The summed E-state index contributed by atoms with van der Waals surface area (Å²) in [6, 6.07) is 4.31. The van der Waals surface area contributed by atoms with E-state index in [2.05, 4.69) is 27.7 Å². The van der Waals surface area contributed by atoms with Crippen LogP contribution in [0.5, 0.6) is 0 Å². The van der Waals surface area contributed by atoms with Crippen molar-refractivity contribution in [1.82, 2.24) is 0 Å². The molecule has 0 rings (SSSR count).